The van der Waals surface area contributed by atoms with Crippen LogP contribution in [-0.4, -0.2) is 29.4 Å². The number of nitrogens with one attached hydrogen (secondary N) is 1. The molecule has 0 aliphatic rings. The van der Waals surface area contributed by atoms with Crippen molar-refractivity contribution in [2.45, 2.75) is 19.6 Å². The molecule has 0 saturated heterocycles. The van der Waals surface area contributed by atoms with Gasteiger partial charge in [0.25, 0.3) is 0 Å². The molecule has 0 fully saturated rings. The average Bonchev–Trinajstić information content (AvgIpc) is 3.12. The van der Waals surface area contributed by atoms with Gasteiger partial charge in [0.2, 0.25) is 0 Å². The Morgan fingerprint density at radius 1 is 0.966 bits per heavy atom. The molecule has 1 aromatic heterocycles. The van der Waals surface area contributed by atoms with E-state index in [-0.39, 0.29) is 0 Å². The zero-order chi connectivity index (χ0) is 20.2. The van der Waals surface area contributed by atoms with Gasteiger partial charge in [-0.05, 0) is 61.0 Å². The molecule has 0 bridgehead atoms. The second-order valence-corrected chi connectivity index (χ2v) is 7.33. The summed E-state index contributed by atoms with van der Waals surface area (Å²) < 4.78 is 7.48. The van der Waals surface area contributed by atoms with Crippen LogP contribution in [0.15, 0.2) is 78.9 Å². The summed E-state index contributed by atoms with van der Waals surface area (Å²) in [6, 6.07) is 26.7. The Balaban J connectivity index is 1.58. The first-order valence-electron chi connectivity index (χ1n) is 9.85. The van der Waals surface area contributed by atoms with Gasteiger partial charge in [-0.2, -0.15) is 0 Å². The number of aliphatic hydroxyl groups excluding tert-OH is 1. The molecular formula is C25H26N2O2. The largest absolute Gasteiger partial charge is 0.497 e. The minimum absolute atomic E-state index is 0.484. The van der Waals surface area contributed by atoms with Gasteiger partial charge in [-0.1, -0.05) is 35.9 Å². The van der Waals surface area contributed by atoms with E-state index in [1.54, 1.807) is 7.11 Å². The van der Waals surface area contributed by atoms with Gasteiger partial charge in [0.1, 0.15) is 5.75 Å². The van der Waals surface area contributed by atoms with Crippen molar-refractivity contribution in [3.05, 3.63) is 84.4 Å². The molecule has 0 spiro atoms. The first-order chi connectivity index (χ1) is 14.1. The highest BCUT2D eigenvalue weighted by Crippen LogP contribution is 2.29. The number of benzene rings is 3. The topological polar surface area (TPSA) is 46.4 Å². The maximum atomic E-state index is 10.7. The summed E-state index contributed by atoms with van der Waals surface area (Å²) >= 11 is 0. The summed E-state index contributed by atoms with van der Waals surface area (Å²) in [5.74, 6) is 0.832. The van der Waals surface area contributed by atoms with Crippen molar-refractivity contribution < 1.29 is 9.84 Å². The molecule has 0 aliphatic heterocycles. The minimum Gasteiger partial charge on any atom is -0.497 e. The van der Waals surface area contributed by atoms with Crippen LogP contribution in [0.4, 0.5) is 5.69 Å². The fourth-order valence-corrected chi connectivity index (χ4v) is 3.59. The first kappa shape index (κ1) is 19.1. The van der Waals surface area contributed by atoms with Crippen molar-refractivity contribution in [3.63, 3.8) is 0 Å². The second-order valence-electron chi connectivity index (χ2n) is 7.33. The van der Waals surface area contributed by atoms with Crippen LogP contribution in [0.5, 0.6) is 5.75 Å². The first-order valence-corrected chi connectivity index (χ1v) is 9.85. The fraction of sp³-hybridized carbons (Fsp3) is 0.200. The van der Waals surface area contributed by atoms with E-state index in [1.807, 2.05) is 36.4 Å². The summed E-state index contributed by atoms with van der Waals surface area (Å²) in [5, 5.41) is 15.2. The monoisotopic (exact) mass is 386 g/mol. The highest BCUT2D eigenvalue weighted by molar-refractivity contribution is 5.87. The highest BCUT2D eigenvalue weighted by atomic mass is 16.5. The van der Waals surface area contributed by atoms with E-state index in [0.717, 1.165) is 33.6 Å². The van der Waals surface area contributed by atoms with Crippen LogP contribution in [0.3, 0.4) is 0 Å². The smallest absolute Gasteiger partial charge is 0.118 e. The van der Waals surface area contributed by atoms with Gasteiger partial charge in [0.05, 0.1) is 19.8 Å². The normalized spacial score (nSPS) is 12.1. The molecule has 2 N–H and O–H groups in total. The van der Waals surface area contributed by atoms with Gasteiger partial charge >= 0.3 is 0 Å². The van der Waals surface area contributed by atoms with Crippen molar-refractivity contribution in [3.8, 4) is 17.0 Å². The molecule has 0 amide bonds. The molecule has 4 heteroatoms. The molecule has 4 rings (SSSR count). The zero-order valence-electron chi connectivity index (χ0n) is 16.8. The Morgan fingerprint density at radius 2 is 1.69 bits per heavy atom. The number of methoxy groups -OCH3 is 1. The molecule has 29 heavy (non-hydrogen) atoms. The van der Waals surface area contributed by atoms with Gasteiger partial charge in [-0.3, -0.25) is 0 Å². The van der Waals surface area contributed by atoms with Gasteiger partial charge in [-0.25, -0.2) is 0 Å². The standard InChI is InChI=1S/C25H26N2O2/c1-18-7-11-21(12-8-18)26-16-22(28)17-27-24-6-4-3-5-20(24)15-25(27)19-9-13-23(29-2)14-10-19/h3-15,22,26,28H,16-17H2,1-2H3. The number of fused-ring (bicyclic) bond motifs is 1. The SMILES string of the molecule is COc1ccc(-c2cc3ccccc3n2CC(O)CNc2ccc(C)cc2)cc1. The van der Waals surface area contributed by atoms with Crippen molar-refractivity contribution in [1.29, 1.82) is 0 Å². The number of rotatable bonds is 7. The number of hydrogen-bond acceptors (Lipinski definition) is 3. The maximum absolute atomic E-state index is 10.7. The van der Waals surface area contributed by atoms with Crippen LogP contribution < -0.4 is 10.1 Å². The summed E-state index contributed by atoms with van der Waals surface area (Å²) in [5.41, 5.74) is 5.54. The highest BCUT2D eigenvalue weighted by Gasteiger charge is 2.14. The number of hydrogen-bond donors (Lipinski definition) is 2. The average molecular weight is 386 g/mol. The molecule has 0 aliphatic carbocycles. The molecule has 4 nitrogen and oxygen atoms in total. The molecule has 1 atom stereocenters. The second kappa shape index (κ2) is 8.41. The number of para-hydroxylation sites is 1. The van der Waals surface area contributed by atoms with Gasteiger partial charge in [0.15, 0.2) is 0 Å². The Labute approximate surface area is 171 Å². The molecule has 0 radical (unpaired) electrons. The number of aromatic nitrogens is 1. The molecular weight excluding hydrogens is 360 g/mol. The minimum atomic E-state index is -0.524. The molecule has 0 saturated carbocycles. The van der Waals surface area contributed by atoms with Crippen LogP contribution in [0.25, 0.3) is 22.2 Å². The van der Waals surface area contributed by atoms with E-state index >= 15 is 0 Å². The predicted molar refractivity (Wildman–Crippen MR) is 120 cm³/mol. The third kappa shape index (κ3) is 4.28. The fourth-order valence-electron chi connectivity index (χ4n) is 3.59. The molecule has 148 valence electrons. The van der Waals surface area contributed by atoms with Crippen molar-refractivity contribution in [2.24, 2.45) is 0 Å². The summed E-state index contributed by atoms with van der Waals surface area (Å²) in [6.45, 7) is 3.06. The quantitative estimate of drug-likeness (QED) is 0.465. The van der Waals surface area contributed by atoms with Crippen LogP contribution in [0, 0.1) is 6.92 Å². The number of anilines is 1. The Morgan fingerprint density at radius 3 is 2.41 bits per heavy atom. The molecule has 1 heterocycles. The van der Waals surface area contributed by atoms with Crippen molar-refractivity contribution in [2.75, 3.05) is 19.0 Å². The third-order valence-electron chi connectivity index (χ3n) is 5.18. The van der Waals surface area contributed by atoms with E-state index in [9.17, 15) is 5.11 Å². The lowest BCUT2D eigenvalue weighted by molar-refractivity contribution is 0.169. The number of ether oxygens (including phenoxy) is 1. The van der Waals surface area contributed by atoms with Crippen LogP contribution in [0.1, 0.15) is 5.56 Å². The lowest BCUT2D eigenvalue weighted by atomic mass is 10.1. The number of nitrogens with zero attached hydrogens (tertiary/aromatic N) is 1. The van der Waals surface area contributed by atoms with E-state index in [0.29, 0.717) is 13.1 Å². The predicted octanol–water partition coefficient (Wildman–Crippen LogP) is 5.10. The van der Waals surface area contributed by atoms with Gasteiger partial charge in [0, 0.05) is 28.8 Å². The number of aliphatic hydroxyl groups is 1. The maximum Gasteiger partial charge on any atom is 0.118 e. The number of aryl methyl sites for hydroxylation is 1. The lowest BCUT2D eigenvalue weighted by Gasteiger charge is -2.17. The molecule has 4 aromatic rings. The van der Waals surface area contributed by atoms with Crippen LogP contribution >= 0.6 is 0 Å². The molecule has 3 aromatic carbocycles. The summed E-state index contributed by atoms with van der Waals surface area (Å²) in [7, 11) is 1.67. The summed E-state index contributed by atoms with van der Waals surface area (Å²) in [4.78, 5) is 0. The Kier molecular flexibility index (Phi) is 5.54. The van der Waals surface area contributed by atoms with Crippen molar-refractivity contribution >= 4 is 16.6 Å². The van der Waals surface area contributed by atoms with E-state index in [1.165, 1.54) is 5.56 Å². The van der Waals surface area contributed by atoms with E-state index in [2.05, 4.69) is 59.3 Å². The Hall–Kier alpha value is -3.24. The Bertz CT molecular complexity index is 1080. The third-order valence-corrected chi connectivity index (χ3v) is 5.18. The molecule has 1 unspecified atom stereocenters. The van der Waals surface area contributed by atoms with Gasteiger partial charge < -0.3 is 19.7 Å². The van der Waals surface area contributed by atoms with Crippen molar-refractivity contribution in [1.82, 2.24) is 4.57 Å². The lowest BCUT2D eigenvalue weighted by Crippen LogP contribution is -2.25. The van der Waals surface area contributed by atoms with Gasteiger partial charge in [-0.15, -0.1) is 0 Å². The van der Waals surface area contributed by atoms with E-state index < -0.39 is 6.10 Å². The van der Waals surface area contributed by atoms with Crippen LogP contribution in [0.2, 0.25) is 0 Å². The van der Waals surface area contributed by atoms with E-state index in [4.69, 9.17) is 4.74 Å². The van der Waals surface area contributed by atoms with Crippen LogP contribution in [-0.2, 0) is 6.54 Å². The zero-order valence-corrected chi connectivity index (χ0v) is 16.8. The summed E-state index contributed by atoms with van der Waals surface area (Å²) in [6.07, 6.45) is -0.524.